The zero-order chi connectivity index (χ0) is 16.4. The van der Waals surface area contributed by atoms with E-state index >= 15 is 0 Å². The van der Waals surface area contributed by atoms with Crippen LogP contribution in [0.4, 0.5) is 4.39 Å². The van der Waals surface area contributed by atoms with Crippen LogP contribution in [-0.2, 0) is 16.6 Å². The van der Waals surface area contributed by atoms with Gasteiger partial charge >= 0.3 is 0 Å². The molecule has 1 aliphatic heterocycles. The van der Waals surface area contributed by atoms with Crippen LogP contribution in [-0.4, -0.2) is 40.6 Å². The summed E-state index contributed by atoms with van der Waals surface area (Å²) < 4.78 is 42.6. The first kappa shape index (κ1) is 16.1. The van der Waals surface area contributed by atoms with Crippen molar-refractivity contribution in [1.29, 1.82) is 0 Å². The Kier molecular flexibility index (Phi) is 4.45. The van der Waals surface area contributed by atoms with Crippen LogP contribution in [0.5, 0.6) is 0 Å². The van der Waals surface area contributed by atoms with Gasteiger partial charge in [-0.15, -0.1) is 0 Å². The van der Waals surface area contributed by atoms with Crippen molar-refractivity contribution < 1.29 is 12.8 Å². The lowest BCUT2D eigenvalue weighted by Crippen LogP contribution is -2.41. The highest BCUT2D eigenvalue weighted by Gasteiger charge is 2.32. The molecular formula is C15H19FN4O2S. The first-order chi connectivity index (χ1) is 11.0. The molecule has 1 saturated heterocycles. The summed E-state index contributed by atoms with van der Waals surface area (Å²) in [5, 5.41) is 4.06. The van der Waals surface area contributed by atoms with E-state index < -0.39 is 15.8 Å². The Morgan fingerprint density at radius 1 is 1.39 bits per heavy atom. The van der Waals surface area contributed by atoms with Gasteiger partial charge in [0.25, 0.3) is 0 Å². The van der Waals surface area contributed by atoms with Crippen molar-refractivity contribution in [3.05, 3.63) is 42.2 Å². The minimum Gasteiger partial charge on any atom is -0.253 e. The SMILES string of the molecule is Cc1ccc(S(=O)(=O)N2CCC[C@H](Cn3cncn3)C2)c(F)c1. The zero-order valence-corrected chi connectivity index (χ0v) is 13.7. The molecule has 124 valence electrons. The van der Waals surface area contributed by atoms with Crippen LogP contribution >= 0.6 is 0 Å². The summed E-state index contributed by atoms with van der Waals surface area (Å²) in [6.07, 6.45) is 4.75. The molecule has 0 radical (unpaired) electrons. The number of aromatic nitrogens is 3. The molecule has 0 aliphatic carbocycles. The number of nitrogens with zero attached hydrogens (tertiary/aromatic N) is 4. The molecule has 0 saturated carbocycles. The maximum Gasteiger partial charge on any atom is 0.245 e. The Hall–Kier alpha value is -1.80. The zero-order valence-electron chi connectivity index (χ0n) is 12.9. The molecule has 0 unspecified atom stereocenters. The third-order valence-electron chi connectivity index (χ3n) is 4.10. The van der Waals surface area contributed by atoms with Gasteiger partial charge in [-0.25, -0.2) is 17.8 Å². The van der Waals surface area contributed by atoms with Crippen molar-refractivity contribution in [2.24, 2.45) is 5.92 Å². The van der Waals surface area contributed by atoms with Crippen molar-refractivity contribution >= 4 is 10.0 Å². The lowest BCUT2D eigenvalue weighted by atomic mass is 10.00. The Morgan fingerprint density at radius 3 is 2.91 bits per heavy atom. The third-order valence-corrected chi connectivity index (χ3v) is 6.00. The smallest absolute Gasteiger partial charge is 0.245 e. The number of rotatable bonds is 4. The van der Waals surface area contributed by atoms with Crippen LogP contribution in [0.1, 0.15) is 18.4 Å². The fourth-order valence-corrected chi connectivity index (χ4v) is 4.54. The number of aryl methyl sites for hydroxylation is 1. The van der Waals surface area contributed by atoms with Gasteiger partial charge in [-0.3, -0.25) is 4.68 Å². The Morgan fingerprint density at radius 2 is 2.22 bits per heavy atom. The Bertz CT molecular complexity index is 777. The first-order valence-corrected chi connectivity index (χ1v) is 8.99. The second-order valence-corrected chi connectivity index (χ2v) is 7.83. The average Bonchev–Trinajstić information content (AvgIpc) is 3.00. The van der Waals surface area contributed by atoms with E-state index in [1.165, 1.54) is 22.8 Å². The van der Waals surface area contributed by atoms with E-state index in [0.717, 1.165) is 12.8 Å². The van der Waals surface area contributed by atoms with Crippen molar-refractivity contribution in [2.75, 3.05) is 13.1 Å². The van der Waals surface area contributed by atoms with Gasteiger partial charge in [0.1, 0.15) is 23.4 Å². The molecule has 23 heavy (non-hydrogen) atoms. The molecule has 1 fully saturated rings. The highest BCUT2D eigenvalue weighted by Crippen LogP contribution is 2.26. The summed E-state index contributed by atoms with van der Waals surface area (Å²) in [5.74, 6) is -0.544. The van der Waals surface area contributed by atoms with Gasteiger partial charge in [0.05, 0.1) is 0 Å². The number of benzene rings is 1. The normalized spacial score (nSPS) is 19.8. The largest absolute Gasteiger partial charge is 0.253 e. The number of hydrogen-bond donors (Lipinski definition) is 0. The van der Waals surface area contributed by atoms with E-state index in [-0.39, 0.29) is 10.8 Å². The van der Waals surface area contributed by atoms with Gasteiger partial charge in [-0.05, 0) is 43.4 Å². The fourth-order valence-electron chi connectivity index (χ4n) is 2.94. The third kappa shape index (κ3) is 3.42. The summed E-state index contributed by atoms with van der Waals surface area (Å²) in [6, 6.07) is 4.22. The van der Waals surface area contributed by atoms with Crippen LogP contribution in [0, 0.1) is 18.7 Å². The number of hydrogen-bond acceptors (Lipinski definition) is 4. The Labute approximate surface area is 135 Å². The van der Waals surface area contributed by atoms with Gasteiger partial charge in [0, 0.05) is 19.6 Å². The molecule has 1 aromatic heterocycles. The van der Waals surface area contributed by atoms with E-state index in [2.05, 4.69) is 10.1 Å². The van der Waals surface area contributed by atoms with Crippen LogP contribution < -0.4 is 0 Å². The predicted octanol–water partition coefficient (Wildman–Crippen LogP) is 1.83. The molecule has 0 spiro atoms. The van der Waals surface area contributed by atoms with Crippen molar-refractivity contribution in [3.63, 3.8) is 0 Å². The van der Waals surface area contributed by atoms with Gasteiger partial charge in [-0.1, -0.05) is 6.07 Å². The maximum absolute atomic E-state index is 14.1. The van der Waals surface area contributed by atoms with Gasteiger partial charge in [0.2, 0.25) is 10.0 Å². The molecule has 3 rings (SSSR count). The fraction of sp³-hybridized carbons (Fsp3) is 0.467. The van der Waals surface area contributed by atoms with Crippen LogP contribution in [0.15, 0.2) is 35.7 Å². The lowest BCUT2D eigenvalue weighted by molar-refractivity contribution is 0.239. The minimum absolute atomic E-state index is 0.147. The highest BCUT2D eigenvalue weighted by atomic mass is 32.2. The van der Waals surface area contributed by atoms with Crippen LogP contribution in [0.3, 0.4) is 0 Å². The van der Waals surface area contributed by atoms with Gasteiger partial charge in [0.15, 0.2) is 0 Å². The van der Waals surface area contributed by atoms with E-state index in [0.29, 0.717) is 25.2 Å². The maximum atomic E-state index is 14.1. The van der Waals surface area contributed by atoms with Crippen molar-refractivity contribution in [3.8, 4) is 0 Å². The van der Waals surface area contributed by atoms with E-state index in [9.17, 15) is 12.8 Å². The molecule has 8 heteroatoms. The first-order valence-electron chi connectivity index (χ1n) is 7.55. The molecule has 0 amide bonds. The quantitative estimate of drug-likeness (QED) is 0.853. The topological polar surface area (TPSA) is 68.1 Å². The number of halogens is 1. The second kappa shape index (κ2) is 6.37. The average molecular weight is 338 g/mol. The van der Waals surface area contributed by atoms with E-state index in [1.807, 2.05) is 0 Å². The number of sulfonamides is 1. The molecule has 6 nitrogen and oxygen atoms in total. The van der Waals surface area contributed by atoms with Crippen LogP contribution in [0.2, 0.25) is 0 Å². The second-order valence-electron chi connectivity index (χ2n) is 5.92. The molecular weight excluding hydrogens is 319 g/mol. The molecule has 1 atom stereocenters. The summed E-state index contributed by atoms with van der Waals surface area (Å²) >= 11 is 0. The van der Waals surface area contributed by atoms with Crippen LogP contribution in [0.25, 0.3) is 0 Å². The van der Waals surface area contributed by atoms with Gasteiger partial charge < -0.3 is 0 Å². The summed E-state index contributed by atoms with van der Waals surface area (Å²) in [6.45, 7) is 3.13. The van der Waals surface area contributed by atoms with Crippen molar-refractivity contribution in [2.45, 2.75) is 31.2 Å². The molecule has 1 aromatic carbocycles. The summed E-state index contributed by atoms with van der Waals surface area (Å²) in [5.41, 5.74) is 0.698. The monoisotopic (exact) mass is 338 g/mol. The van der Waals surface area contributed by atoms with Gasteiger partial charge in [-0.2, -0.15) is 9.40 Å². The van der Waals surface area contributed by atoms with Crippen molar-refractivity contribution in [1.82, 2.24) is 19.1 Å². The summed E-state index contributed by atoms with van der Waals surface area (Å²) in [4.78, 5) is 3.65. The number of piperidine rings is 1. The van der Waals surface area contributed by atoms with E-state index in [4.69, 9.17) is 0 Å². The predicted molar refractivity (Wildman–Crippen MR) is 82.6 cm³/mol. The molecule has 0 N–H and O–H groups in total. The summed E-state index contributed by atoms with van der Waals surface area (Å²) in [7, 11) is -3.81. The standard InChI is InChI=1S/C15H19FN4O2S/c1-12-4-5-15(14(16)7-12)23(21,22)20-6-2-3-13(9-20)8-19-11-17-10-18-19/h4-5,7,10-11,13H,2-3,6,8-9H2,1H3/t13-/m1/s1. The minimum atomic E-state index is -3.81. The van der Waals surface area contributed by atoms with E-state index in [1.54, 1.807) is 24.0 Å². The highest BCUT2D eigenvalue weighted by molar-refractivity contribution is 7.89. The molecule has 2 heterocycles. The lowest BCUT2D eigenvalue weighted by Gasteiger charge is -2.31. The molecule has 2 aromatic rings. The molecule has 0 bridgehead atoms. The Balaban J connectivity index is 1.79. The molecule has 1 aliphatic rings.